The molecule has 10 heteroatoms. The molecule has 0 radical (unpaired) electrons. The summed E-state index contributed by atoms with van der Waals surface area (Å²) in [7, 11) is 0. The van der Waals surface area contributed by atoms with Crippen molar-refractivity contribution in [2.24, 2.45) is 0 Å². The van der Waals surface area contributed by atoms with Gasteiger partial charge in [-0.2, -0.15) is 5.10 Å². The Kier molecular flexibility index (Phi) is 6.10. The number of aromatic nitrogens is 3. The second-order valence-electron chi connectivity index (χ2n) is 8.44. The Bertz CT molecular complexity index is 1210. The van der Waals surface area contributed by atoms with E-state index in [1.807, 2.05) is 30.9 Å². The lowest BCUT2D eigenvalue weighted by molar-refractivity contribution is -0.138. The summed E-state index contributed by atoms with van der Waals surface area (Å²) in [6, 6.07) is 10.3. The topological polar surface area (TPSA) is 135 Å². The molecule has 0 saturated carbocycles. The van der Waals surface area contributed by atoms with Crippen molar-refractivity contribution in [1.82, 2.24) is 19.7 Å². The maximum atomic E-state index is 12.6. The van der Waals surface area contributed by atoms with Crippen LogP contribution in [0, 0.1) is 0 Å². The van der Waals surface area contributed by atoms with Crippen molar-refractivity contribution in [2.75, 3.05) is 37.6 Å². The van der Waals surface area contributed by atoms with Crippen LogP contribution in [-0.4, -0.2) is 73.7 Å². The summed E-state index contributed by atoms with van der Waals surface area (Å²) in [5.41, 5.74) is 2.09. The largest absolute Gasteiger partial charge is 0.508 e. The van der Waals surface area contributed by atoms with Crippen LogP contribution in [0.4, 0.5) is 5.69 Å². The lowest BCUT2D eigenvalue weighted by Crippen LogP contribution is -2.47. The molecule has 0 bridgehead atoms. The van der Waals surface area contributed by atoms with E-state index >= 15 is 0 Å². The Hall–Kier alpha value is -3.79. The van der Waals surface area contributed by atoms with Gasteiger partial charge in [0.25, 0.3) is 0 Å². The zero-order valence-electron chi connectivity index (χ0n) is 18.5. The third-order valence-electron chi connectivity index (χ3n) is 5.88. The van der Waals surface area contributed by atoms with E-state index in [9.17, 15) is 19.8 Å². The summed E-state index contributed by atoms with van der Waals surface area (Å²) >= 11 is 0. The number of aromatic amines is 1. The average molecular weight is 453 g/mol. The molecule has 4 rings (SSSR count). The van der Waals surface area contributed by atoms with Crippen molar-refractivity contribution >= 4 is 11.7 Å². The van der Waals surface area contributed by atoms with E-state index < -0.39 is 11.7 Å². The number of hydrogen-bond acceptors (Lipinski definition) is 7. The van der Waals surface area contributed by atoms with E-state index in [-0.39, 0.29) is 29.8 Å². The van der Waals surface area contributed by atoms with Crippen LogP contribution in [0.5, 0.6) is 11.5 Å². The number of aromatic hydroxyl groups is 2. The minimum Gasteiger partial charge on any atom is -0.508 e. The normalized spacial score (nSPS) is 14.7. The first-order valence-corrected chi connectivity index (χ1v) is 10.8. The van der Waals surface area contributed by atoms with Crippen molar-refractivity contribution in [3.05, 3.63) is 52.4 Å². The molecule has 1 saturated heterocycles. The van der Waals surface area contributed by atoms with Crippen molar-refractivity contribution in [3.8, 4) is 28.6 Å². The summed E-state index contributed by atoms with van der Waals surface area (Å²) < 4.78 is 1.38. The molecule has 0 spiro atoms. The molecule has 0 amide bonds. The number of nitrogens with one attached hydrogen (secondary N) is 1. The number of nitrogens with zero attached hydrogens (tertiary/aromatic N) is 4. The summed E-state index contributed by atoms with van der Waals surface area (Å²) in [6.07, 6.45) is 0. The fourth-order valence-corrected chi connectivity index (χ4v) is 4.12. The van der Waals surface area contributed by atoms with E-state index in [2.05, 4.69) is 15.1 Å². The van der Waals surface area contributed by atoms with Gasteiger partial charge < -0.3 is 20.2 Å². The molecule has 0 aliphatic carbocycles. The van der Waals surface area contributed by atoms with E-state index in [4.69, 9.17) is 5.11 Å². The van der Waals surface area contributed by atoms with Gasteiger partial charge >= 0.3 is 11.7 Å². The molecule has 0 atom stereocenters. The molecule has 2 heterocycles. The predicted molar refractivity (Wildman–Crippen MR) is 123 cm³/mol. The van der Waals surface area contributed by atoms with Crippen molar-refractivity contribution in [1.29, 1.82) is 0 Å². The first-order chi connectivity index (χ1) is 15.7. The fourth-order valence-electron chi connectivity index (χ4n) is 4.12. The molecule has 1 aliphatic rings. The van der Waals surface area contributed by atoms with E-state index in [0.29, 0.717) is 43.0 Å². The number of aliphatic carboxylic acids is 1. The Balaban J connectivity index is 1.61. The van der Waals surface area contributed by atoms with Crippen LogP contribution in [0.15, 0.2) is 41.2 Å². The van der Waals surface area contributed by atoms with E-state index in [1.165, 1.54) is 10.6 Å². The summed E-state index contributed by atoms with van der Waals surface area (Å²) in [4.78, 5) is 27.5. The van der Waals surface area contributed by atoms with Gasteiger partial charge in [-0.05, 0) is 41.8 Å². The average Bonchev–Trinajstić information content (AvgIpc) is 3.15. The second-order valence-corrected chi connectivity index (χ2v) is 8.44. The molecule has 2 aromatic carbocycles. The fraction of sp³-hybridized carbons (Fsp3) is 0.348. The van der Waals surface area contributed by atoms with Gasteiger partial charge in [-0.25, -0.2) is 14.5 Å². The molecule has 4 N–H and O–H groups in total. The lowest BCUT2D eigenvalue weighted by atomic mass is 9.98. The number of carboxylic acids is 1. The van der Waals surface area contributed by atoms with Gasteiger partial charge in [0.05, 0.1) is 17.8 Å². The number of benzene rings is 2. The van der Waals surface area contributed by atoms with Gasteiger partial charge in [0.1, 0.15) is 11.5 Å². The number of carboxylic acid groups (broad SMARTS) is 1. The van der Waals surface area contributed by atoms with Crippen LogP contribution >= 0.6 is 0 Å². The number of anilines is 1. The highest BCUT2D eigenvalue weighted by molar-refractivity contribution is 5.70. The Morgan fingerprint density at radius 1 is 1.03 bits per heavy atom. The lowest BCUT2D eigenvalue weighted by Gasteiger charge is -2.35. The molecule has 1 fully saturated rings. The molecule has 3 aromatic rings. The quantitative estimate of drug-likeness (QED) is 0.445. The number of H-pyrrole nitrogens is 1. The molecule has 174 valence electrons. The number of carbonyl (C=O) groups is 1. The van der Waals surface area contributed by atoms with Crippen LogP contribution in [0.3, 0.4) is 0 Å². The molecule has 10 nitrogen and oxygen atoms in total. The van der Waals surface area contributed by atoms with Gasteiger partial charge in [-0.1, -0.05) is 13.8 Å². The summed E-state index contributed by atoms with van der Waals surface area (Å²) in [5.74, 6) is -0.751. The maximum absolute atomic E-state index is 12.6. The SMILES string of the molecule is CC(C)c1cc(-c2n[nH]c(=O)n2-c2ccc(N3CCN(CC(=O)O)CC3)cc2)c(O)cc1O. The highest BCUT2D eigenvalue weighted by Gasteiger charge is 2.21. The van der Waals surface area contributed by atoms with Crippen LogP contribution in [0.2, 0.25) is 0 Å². The first-order valence-electron chi connectivity index (χ1n) is 10.8. The second kappa shape index (κ2) is 8.99. The van der Waals surface area contributed by atoms with Gasteiger partial charge in [0.2, 0.25) is 0 Å². The third-order valence-corrected chi connectivity index (χ3v) is 5.88. The van der Waals surface area contributed by atoms with Gasteiger partial charge in [-0.15, -0.1) is 0 Å². The number of phenols is 2. The third kappa shape index (κ3) is 4.56. The predicted octanol–water partition coefficient (Wildman–Crippen LogP) is 1.97. The van der Waals surface area contributed by atoms with Crippen molar-refractivity contribution < 1.29 is 20.1 Å². The van der Waals surface area contributed by atoms with Crippen molar-refractivity contribution in [2.45, 2.75) is 19.8 Å². The number of phenolic OH excluding ortho intramolecular Hbond substituents is 2. The van der Waals surface area contributed by atoms with Crippen LogP contribution in [0.25, 0.3) is 17.1 Å². The van der Waals surface area contributed by atoms with Crippen LogP contribution in [0.1, 0.15) is 25.3 Å². The van der Waals surface area contributed by atoms with Gasteiger partial charge in [0, 0.05) is 37.9 Å². The molecule has 0 unspecified atom stereocenters. The zero-order chi connectivity index (χ0) is 23.7. The minimum atomic E-state index is -0.825. The molecule has 1 aromatic heterocycles. The van der Waals surface area contributed by atoms with Crippen molar-refractivity contribution in [3.63, 3.8) is 0 Å². The molecule has 33 heavy (non-hydrogen) atoms. The Labute approximate surface area is 190 Å². The first kappa shape index (κ1) is 22.4. The number of rotatable bonds is 6. The number of piperazine rings is 1. The zero-order valence-corrected chi connectivity index (χ0v) is 18.5. The van der Waals surface area contributed by atoms with E-state index in [1.54, 1.807) is 18.2 Å². The summed E-state index contributed by atoms with van der Waals surface area (Å²) in [6.45, 7) is 6.64. The molecular weight excluding hydrogens is 426 g/mol. The number of hydrogen-bond donors (Lipinski definition) is 4. The van der Waals surface area contributed by atoms with Crippen LogP contribution < -0.4 is 10.6 Å². The maximum Gasteiger partial charge on any atom is 0.348 e. The monoisotopic (exact) mass is 453 g/mol. The van der Waals surface area contributed by atoms with Gasteiger partial charge in [-0.3, -0.25) is 9.69 Å². The highest BCUT2D eigenvalue weighted by Crippen LogP contribution is 2.37. The highest BCUT2D eigenvalue weighted by atomic mass is 16.4. The van der Waals surface area contributed by atoms with Gasteiger partial charge in [0.15, 0.2) is 5.82 Å². The van der Waals surface area contributed by atoms with Crippen LogP contribution in [-0.2, 0) is 4.79 Å². The summed E-state index contributed by atoms with van der Waals surface area (Å²) in [5, 5.41) is 36.1. The standard InChI is InChI=1S/C23H27N5O5/c1-14(2)17-11-18(20(30)12-19(17)29)22-24-25-23(33)28(22)16-5-3-15(4-6-16)27-9-7-26(8-10-27)13-21(31)32/h3-6,11-12,14,29-30H,7-10,13H2,1-2H3,(H,25,33)(H,31,32). The van der Waals surface area contributed by atoms with E-state index in [0.717, 1.165) is 5.69 Å². The minimum absolute atomic E-state index is 0.0107. The Morgan fingerprint density at radius 2 is 1.67 bits per heavy atom. The molecular formula is C23H27N5O5. The molecule has 1 aliphatic heterocycles. The smallest absolute Gasteiger partial charge is 0.348 e. The Morgan fingerprint density at radius 3 is 2.27 bits per heavy atom.